The van der Waals surface area contributed by atoms with Gasteiger partial charge in [0.2, 0.25) is 0 Å². The highest BCUT2D eigenvalue weighted by atomic mass is 16.5. The van der Waals surface area contributed by atoms with Crippen LogP contribution in [0.1, 0.15) is 11.4 Å². The molecular weight excluding hydrogens is 340 g/mol. The minimum Gasteiger partial charge on any atom is -0.489 e. The summed E-state index contributed by atoms with van der Waals surface area (Å²) in [7, 11) is 0. The van der Waals surface area contributed by atoms with Gasteiger partial charge in [-0.2, -0.15) is 4.68 Å². The lowest BCUT2D eigenvalue weighted by Gasteiger charge is -2.09. The lowest BCUT2D eigenvalue weighted by atomic mass is 10.2. The molecule has 0 radical (unpaired) electrons. The highest BCUT2D eigenvalue weighted by molar-refractivity contribution is 5.32. The van der Waals surface area contributed by atoms with Crippen molar-refractivity contribution in [2.75, 3.05) is 0 Å². The van der Waals surface area contributed by atoms with Gasteiger partial charge in [-0.1, -0.05) is 48.5 Å². The Morgan fingerprint density at radius 3 is 1.93 bits per heavy atom. The fourth-order valence-corrected chi connectivity index (χ4v) is 2.59. The molecular formula is C21H18N4O2. The van der Waals surface area contributed by atoms with E-state index in [1.54, 1.807) is 4.68 Å². The molecule has 0 bridgehead atoms. The van der Waals surface area contributed by atoms with Gasteiger partial charge in [0, 0.05) is 0 Å². The van der Waals surface area contributed by atoms with Crippen molar-refractivity contribution >= 4 is 0 Å². The lowest BCUT2D eigenvalue weighted by Crippen LogP contribution is -2.06. The summed E-state index contributed by atoms with van der Waals surface area (Å²) in [6, 6.07) is 27.3. The first-order valence-corrected chi connectivity index (χ1v) is 8.61. The minimum absolute atomic E-state index is 0.270. The van der Waals surface area contributed by atoms with Gasteiger partial charge >= 0.3 is 0 Å². The summed E-state index contributed by atoms with van der Waals surface area (Å²) in [6.45, 7) is 0.805. The fourth-order valence-electron chi connectivity index (χ4n) is 2.59. The summed E-state index contributed by atoms with van der Waals surface area (Å²) < 4.78 is 13.3. The second-order valence-electron chi connectivity index (χ2n) is 5.88. The summed E-state index contributed by atoms with van der Waals surface area (Å²) in [5.74, 6) is 2.15. The fraction of sp³-hybridized carbons (Fsp3) is 0.0952. The normalized spacial score (nSPS) is 10.5. The maximum atomic E-state index is 5.81. The first kappa shape index (κ1) is 16.8. The zero-order valence-corrected chi connectivity index (χ0v) is 14.6. The van der Waals surface area contributed by atoms with Crippen LogP contribution < -0.4 is 9.47 Å². The maximum Gasteiger partial charge on any atom is 0.194 e. The number of hydrogen-bond donors (Lipinski definition) is 0. The first-order chi connectivity index (χ1) is 13.4. The molecule has 0 amide bonds. The van der Waals surface area contributed by atoms with Gasteiger partial charge in [0.15, 0.2) is 5.82 Å². The van der Waals surface area contributed by atoms with Gasteiger partial charge in [0.25, 0.3) is 0 Å². The molecule has 0 aliphatic carbocycles. The Labute approximate surface area is 157 Å². The lowest BCUT2D eigenvalue weighted by molar-refractivity contribution is 0.288. The van der Waals surface area contributed by atoms with Crippen LogP contribution in [0.15, 0.2) is 84.9 Å². The predicted octanol–water partition coefficient (Wildman–Crippen LogP) is 3.82. The Bertz CT molecular complexity index is 970. The van der Waals surface area contributed by atoms with E-state index in [0.29, 0.717) is 12.4 Å². The van der Waals surface area contributed by atoms with Gasteiger partial charge in [-0.05, 0) is 52.4 Å². The number of aromatic nitrogens is 4. The molecule has 4 aromatic rings. The summed E-state index contributed by atoms with van der Waals surface area (Å²) in [5.41, 5.74) is 2.02. The van der Waals surface area contributed by atoms with E-state index in [1.807, 2.05) is 84.9 Å². The monoisotopic (exact) mass is 358 g/mol. The third-order valence-corrected chi connectivity index (χ3v) is 3.97. The van der Waals surface area contributed by atoms with Crippen LogP contribution >= 0.6 is 0 Å². The van der Waals surface area contributed by atoms with E-state index in [2.05, 4.69) is 15.5 Å². The molecule has 1 heterocycles. The van der Waals surface area contributed by atoms with Crippen LogP contribution in [0.5, 0.6) is 11.5 Å². The van der Waals surface area contributed by atoms with Crippen LogP contribution in [-0.2, 0) is 13.2 Å². The van der Waals surface area contributed by atoms with Crippen LogP contribution in [0, 0.1) is 0 Å². The van der Waals surface area contributed by atoms with Crippen molar-refractivity contribution in [3.8, 4) is 17.2 Å². The van der Waals surface area contributed by atoms with E-state index in [-0.39, 0.29) is 6.61 Å². The zero-order chi connectivity index (χ0) is 18.3. The van der Waals surface area contributed by atoms with Crippen molar-refractivity contribution in [3.63, 3.8) is 0 Å². The molecule has 0 saturated carbocycles. The van der Waals surface area contributed by atoms with Crippen LogP contribution in [0.4, 0.5) is 0 Å². The Kier molecular flexibility index (Phi) is 5.06. The molecule has 1 aromatic heterocycles. The minimum atomic E-state index is 0.270. The third-order valence-electron chi connectivity index (χ3n) is 3.97. The molecule has 0 aliphatic heterocycles. The molecule has 27 heavy (non-hydrogen) atoms. The van der Waals surface area contributed by atoms with Crippen LogP contribution in [0.2, 0.25) is 0 Å². The average molecular weight is 358 g/mol. The molecule has 3 aromatic carbocycles. The topological polar surface area (TPSA) is 62.1 Å². The number of benzene rings is 3. The maximum absolute atomic E-state index is 5.81. The number of nitrogens with zero attached hydrogens (tertiary/aromatic N) is 4. The molecule has 0 saturated heterocycles. The summed E-state index contributed by atoms with van der Waals surface area (Å²) in [4.78, 5) is 0. The van der Waals surface area contributed by atoms with Crippen molar-refractivity contribution in [1.82, 2.24) is 20.2 Å². The van der Waals surface area contributed by atoms with Gasteiger partial charge < -0.3 is 9.47 Å². The van der Waals surface area contributed by atoms with Crippen LogP contribution in [0.25, 0.3) is 5.69 Å². The molecule has 0 spiro atoms. The van der Waals surface area contributed by atoms with Crippen molar-refractivity contribution in [2.45, 2.75) is 13.2 Å². The molecule has 0 fully saturated rings. The quantitative estimate of drug-likeness (QED) is 0.503. The van der Waals surface area contributed by atoms with Crippen LogP contribution in [-0.4, -0.2) is 20.2 Å². The number of ether oxygens (including phenoxy) is 2. The SMILES string of the molecule is c1ccc(COc2ccc(OCc3nnnn3-c3ccccc3)cc2)cc1. The van der Waals surface area contributed by atoms with E-state index in [4.69, 9.17) is 9.47 Å². The molecule has 0 aliphatic rings. The Balaban J connectivity index is 1.35. The number of para-hydroxylation sites is 1. The smallest absolute Gasteiger partial charge is 0.194 e. The number of hydrogen-bond acceptors (Lipinski definition) is 5. The molecule has 4 rings (SSSR count). The Morgan fingerprint density at radius 2 is 1.26 bits per heavy atom. The number of tetrazole rings is 1. The molecule has 134 valence electrons. The van der Waals surface area contributed by atoms with Crippen molar-refractivity contribution in [1.29, 1.82) is 0 Å². The van der Waals surface area contributed by atoms with Crippen LogP contribution in [0.3, 0.4) is 0 Å². The molecule has 6 nitrogen and oxygen atoms in total. The highest BCUT2D eigenvalue weighted by Crippen LogP contribution is 2.19. The van der Waals surface area contributed by atoms with Gasteiger partial charge in [-0.15, -0.1) is 5.10 Å². The van der Waals surface area contributed by atoms with E-state index in [1.165, 1.54) is 0 Å². The average Bonchev–Trinajstić information content (AvgIpc) is 3.21. The molecule has 0 N–H and O–H groups in total. The van der Waals surface area contributed by atoms with E-state index >= 15 is 0 Å². The molecule has 0 atom stereocenters. The molecule has 0 unspecified atom stereocenters. The Morgan fingerprint density at radius 1 is 0.667 bits per heavy atom. The van der Waals surface area contributed by atoms with Crippen molar-refractivity contribution < 1.29 is 9.47 Å². The van der Waals surface area contributed by atoms with Gasteiger partial charge in [0.05, 0.1) is 5.69 Å². The standard InChI is InChI=1S/C21H18N4O2/c1-3-7-17(8-4-1)15-26-19-11-13-20(14-12-19)27-16-21-22-23-24-25(21)18-9-5-2-6-10-18/h1-14H,15-16H2. The van der Waals surface area contributed by atoms with Crippen molar-refractivity contribution in [3.05, 3.63) is 96.3 Å². The van der Waals surface area contributed by atoms with Gasteiger partial charge in [-0.25, -0.2) is 0 Å². The Hall–Kier alpha value is -3.67. The van der Waals surface area contributed by atoms with Gasteiger partial charge in [0.1, 0.15) is 24.7 Å². The van der Waals surface area contributed by atoms with E-state index < -0.39 is 0 Å². The summed E-state index contributed by atoms with van der Waals surface area (Å²) in [6.07, 6.45) is 0. The van der Waals surface area contributed by atoms with Crippen molar-refractivity contribution in [2.24, 2.45) is 0 Å². The van der Waals surface area contributed by atoms with Gasteiger partial charge in [-0.3, -0.25) is 0 Å². The van der Waals surface area contributed by atoms with E-state index in [9.17, 15) is 0 Å². The zero-order valence-electron chi connectivity index (χ0n) is 14.6. The highest BCUT2D eigenvalue weighted by Gasteiger charge is 2.08. The number of rotatable bonds is 7. The second kappa shape index (κ2) is 8.14. The first-order valence-electron chi connectivity index (χ1n) is 8.61. The summed E-state index contributed by atoms with van der Waals surface area (Å²) in [5, 5.41) is 11.8. The molecule has 6 heteroatoms. The summed E-state index contributed by atoms with van der Waals surface area (Å²) >= 11 is 0. The second-order valence-corrected chi connectivity index (χ2v) is 5.88. The predicted molar refractivity (Wildman–Crippen MR) is 101 cm³/mol. The third kappa shape index (κ3) is 4.30. The van der Waals surface area contributed by atoms with E-state index in [0.717, 1.165) is 22.7 Å². The largest absolute Gasteiger partial charge is 0.489 e.